The van der Waals surface area contributed by atoms with Gasteiger partial charge in [0, 0.05) is 18.2 Å². The Morgan fingerprint density at radius 1 is 1.18 bits per heavy atom. The van der Waals surface area contributed by atoms with Crippen LogP contribution in [-0.2, 0) is 20.7 Å². The molecule has 33 heavy (non-hydrogen) atoms. The molecule has 0 saturated carbocycles. The van der Waals surface area contributed by atoms with Crippen molar-refractivity contribution in [2.45, 2.75) is 46.3 Å². The molecule has 0 aliphatic carbocycles. The van der Waals surface area contributed by atoms with Gasteiger partial charge in [-0.2, -0.15) is 0 Å². The molecule has 2 rings (SSSR count). The van der Waals surface area contributed by atoms with E-state index in [-0.39, 0.29) is 25.1 Å². The van der Waals surface area contributed by atoms with Crippen LogP contribution in [-0.4, -0.2) is 49.4 Å². The number of esters is 1. The summed E-state index contributed by atoms with van der Waals surface area (Å²) in [4.78, 5) is 12.8. The highest BCUT2D eigenvalue weighted by atomic mass is 35.5. The molecule has 2 atom stereocenters. The van der Waals surface area contributed by atoms with Crippen molar-refractivity contribution in [2.24, 2.45) is 11.3 Å². The van der Waals surface area contributed by atoms with Gasteiger partial charge in [-0.25, -0.2) is 0 Å². The third-order valence-corrected chi connectivity index (χ3v) is 5.92. The first-order valence-corrected chi connectivity index (χ1v) is 12.0. The lowest BCUT2D eigenvalue weighted by molar-refractivity contribution is -0.159. The molecule has 0 heterocycles. The molecule has 0 bridgehead atoms. The van der Waals surface area contributed by atoms with Gasteiger partial charge in [-0.3, -0.25) is 4.79 Å². The second-order valence-corrected chi connectivity index (χ2v) is 9.41. The van der Waals surface area contributed by atoms with Gasteiger partial charge in [0.15, 0.2) is 0 Å². The van der Waals surface area contributed by atoms with Crippen molar-refractivity contribution in [3.8, 4) is 11.1 Å². The summed E-state index contributed by atoms with van der Waals surface area (Å²) < 4.78 is 11.1. The zero-order valence-corrected chi connectivity index (χ0v) is 20.7. The van der Waals surface area contributed by atoms with Gasteiger partial charge >= 0.3 is 5.97 Å². The first-order valence-electron chi connectivity index (χ1n) is 11.7. The van der Waals surface area contributed by atoms with Gasteiger partial charge in [0.05, 0.1) is 18.6 Å². The number of ether oxygens (including phenoxy) is 2. The molecule has 0 radical (unpaired) electrons. The lowest BCUT2D eigenvalue weighted by atomic mass is 9.60. The zero-order valence-electron chi connectivity index (χ0n) is 19.9. The van der Waals surface area contributed by atoms with Crippen LogP contribution < -0.4 is 0 Å². The molecular formula is C26H36BClO5. The van der Waals surface area contributed by atoms with E-state index in [1.807, 2.05) is 31.2 Å². The second kappa shape index (κ2) is 13.8. The van der Waals surface area contributed by atoms with Crippen molar-refractivity contribution in [1.82, 2.24) is 0 Å². The molecule has 0 spiro atoms. The highest BCUT2D eigenvalue weighted by Crippen LogP contribution is 2.33. The molecule has 2 aromatic carbocycles. The maximum atomic E-state index is 12.8. The first kappa shape index (κ1) is 27.4. The number of rotatable bonds is 14. The lowest BCUT2D eigenvalue weighted by Gasteiger charge is -2.31. The van der Waals surface area contributed by atoms with E-state index in [1.165, 1.54) is 0 Å². The van der Waals surface area contributed by atoms with Gasteiger partial charge < -0.3 is 19.6 Å². The van der Waals surface area contributed by atoms with Crippen LogP contribution in [0.5, 0.6) is 0 Å². The van der Waals surface area contributed by atoms with Crippen molar-refractivity contribution in [3.05, 3.63) is 59.1 Å². The number of benzene rings is 2. The molecule has 0 unspecified atom stereocenters. The normalized spacial score (nSPS) is 13.9. The van der Waals surface area contributed by atoms with E-state index >= 15 is 0 Å². The average molecular weight is 475 g/mol. The number of aliphatic hydroxyl groups excluding tert-OH is 1. The molecule has 0 aliphatic heterocycles. The molecule has 0 aliphatic rings. The summed E-state index contributed by atoms with van der Waals surface area (Å²) in [5, 5.41) is 19.8. The fourth-order valence-corrected chi connectivity index (χ4v) is 4.35. The number of halogens is 1. The predicted molar refractivity (Wildman–Crippen MR) is 135 cm³/mol. The molecule has 2 aromatic rings. The minimum atomic E-state index is -0.828. The summed E-state index contributed by atoms with van der Waals surface area (Å²) in [5.74, 6) is -0.223. The number of hydrogen-bond acceptors (Lipinski definition) is 5. The highest BCUT2D eigenvalue weighted by molar-refractivity contribution is 6.48. The second-order valence-electron chi connectivity index (χ2n) is 8.98. The van der Waals surface area contributed by atoms with Crippen LogP contribution in [0.1, 0.15) is 32.3 Å². The van der Waals surface area contributed by atoms with E-state index < -0.39 is 12.3 Å². The first-order chi connectivity index (χ1) is 15.8. The molecule has 0 amide bonds. The number of carbonyl (C=O) groups is 1. The SMILES string of the molecule is CCOC(=O)[C@](C)(COCCCO)C[C@H](CB(C)O)Cc1ccc(-c2cccc(Cl)c2)cc1. The van der Waals surface area contributed by atoms with E-state index in [9.17, 15) is 9.82 Å². The van der Waals surface area contributed by atoms with E-state index in [0.29, 0.717) is 37.4 Å². The Balaban J connectivity index is 2.16. The maximum absolute atomic E-state index is 12.8. The summed E-state index contributed by atoms with van der Waals surface area (Å²) in [6.45, 7) is 5.90. The Kier molecular flexibility index (Phi) is 11.4. The van der Waals surface area contributed by atoms with Crippen molar-refractivity contribution in [3.63, 3.8) is 0 Å². The van der Waals surface area contributed by atoms with Crippen LogP contribution in [0, 0.1) is 11.3 Å². The predicted octanol–water partition coefficient (Wildman–Crippen LogP) is 5.14. The van der Waals surface area contributed by atoms with E-state index in [1.54, 1.807) is 13.7 Å². The molecular weight excluding hydrogens is 439 g/mol. The smallest absolute Gasteiger partial charge is 0.314 e. The Hall–Kier alpha value is -1.86. The quantitative estimate of drug-likeness (QED) is 0.225. The van der Waals surface area contributed by atoms with Crippen molar-refractivity contribution < 1.29 is 24.4 Å². The number of carbonyl (C=O) groups excluding carboxylic acids is 1. The van der Waals surface area contributed by atoms with Crippen LogP contribution in [0.25, 0.3) is 11.1 Å². The van der Waals surface area contributed by atoms with E-state index in [4.69, 9.17) is 26.2 Å². The summed E-state index contributed by atoms with van der Waals surface area (Å²) in [7, 11) is 0. The molecule has 0 saturated heterocycles. The van der Waals surface area contributed by atoms with Gasteiger partial charge in [-0.15, -0.1) is 0 Å². The third-order valence-electron chi connectivity index (χ3n) is 5.69. The Morgan fingerprint density at radius 2 is 1.91 bits per heavy atom. The van der Waals surface area contributed by atoms with Gasteiger partial charge in [0.2, 0.25) is 0 Å². The topological polar surface area (TPSA) is 76.0 Å². The molecule has 7 heteroatoms. The van der Waals surface area contributed by atoms with Crippen LogP contribution in [0.3, 0.4) is 0 Å². The maximum Gasteiger partial charge on any atom is 0.314 e. The summed E-state index contributed by atoms with van der Waals surface area (Å²) in [5.41, 5.74) is 2.46. The van der Waals surface area contributed by atoms with E-state index in [2.05, 4.69) is 24.3 Å². The van der Waals surface area contributed by atoms with Crippen LogP contribution in [0.4, 0.5) is 0 Å². The standard InChI is InChI=1S/C26H36BClO5/c1-4-33-25(30)26(2,19-32-14-6-13-29)17-21(18-27(3)31)15-20-9-11-22(12-10-20)23-7-5-8-24(28)16-23/h5,7-12,16,21,29,31H,4,6,13-15,17-19H2,1-3H3/t21-,26+/m1/s1. The number of aliphatic hydroxyl groups is 1. The number of hydrogen-bond donors (Lipinski definition) is 2. The minimum absolute atomic E-state index is 0.0476. The van der Waals surface area contributed by atoms with Crippen molar-refractivity contribution in [2.75, 3.05) is 26.4 Å². The van der Waals surface area contributed by atoms with E-state index in [0.717, 1.165) is 23.1 Å². The molecule has 0 aromatic heterocycles. The Morgan fingerprint density at radius 3 is 2.52 bits per heavy atom. The van der Waals surface area contributed by atoms with Gasteiger partial charge in [-0.1, -0.05) is 54.8 Å². The van der Waals surface area contributed by atoms with Gasteiger partial charge in [0.1, 0.15) is 0 Å². The fourth-order valence-electron chi connectivity index (χ4n) is 4.16. The summed E-state index contributed by atoms with van der Waals surface area (Å²) in [6, 6.07) is 16.1. The fraction of sp³-hybridized carbons (Fsp3) is 0.500. The van der Waals surface area contributed by atoms with Crippen molar-refractivity contribution >= 4 is 24.5 Å². The Bertz CT molecular complexity index is 858. The van der Waals surface area contributed by atoms with Crippen molar-refractivity contribution in [1.29, 1.82) is 0 Å². The van der Waals surface area contributed by atoms with Crippen LogP contribution in [0.2, 0.25) is 18.2 Å². The van der Waals surface area contributed by atoms with Crippen LogP contribution in [0.15, 0.2) is 48.5 Å². The molecule has 0 fully saturated rings. The summed E-state index contributed by atoms with van der Waals surface area (Å²) >= 11 is 6.12. The largest absolute Gasteiger partial charge is 0.466 e. The average Bonchev–Trinajstić information content (AvgIpc) is 2.77. The van der Waals surface area contributed by atoms with Gasteiger partial charge in [-0.05, 0) is 74.2 Å². The molecule has 2 N–H and O–H groups in total. The van der Waals surface area contributed by atoms with Gasteiger partial charge in [0.25, 0.3) is 6.92 Å². The minimum Gasteiger partial charge on any atom is -0.466 e. The zero-order chi connectivity index (χ0) is 24.3. The highest BCUT2D eigenvalue weighted by Gasteiger charge is 2.38. The third kappa shape index (κ3) is 9.13. The Labute approximate surface area is 203 Å². The monoisotopic (exact) mass is 474 g/mol. The molecule has 180 valence electrons. The lowest BCUT2D eigenvalue weighted by Crippen LogP contribution is -2.38. The van der Waals surface area contributed by atoms with Crippen LogP contribution >= 0.6 is 11.6 Å². The molecule has 5 nitrogen and oxygen atoms in total. The summed E-state index contributed by atoms with van der Waals surface area (Å²) in [6.07, 6.45) is 2.36.